The third-order valence-electron chi connectivity index (χ3n) is 2.55. The Morgan fingerprint density at radius 3 is 2.89 bits per heavy atom. The topological polar surface area (TPSA) is 55.0 Å². The van der Waals surface area contributed by atoms with Gasteiger partial charge in [0.2, 0.25) is 0 Å². The van der Waals surface area contributed by atoms with E-state index in [1.807, 2.05) is 30.3 Å². The van der Waals surface area contributed by atoms with E-state index >= 15 is 0 Å². The Kier molecular flexibility index (Phi) is 3.35. The van der Waals surface area contributed by atoms with Crippen molar-refractivity contribution in [2.75, 3.05) is 0 Å². The van der Waals surface area contributed by atoms with Gasteiger partial charge in [-0.15, -0.1) is 11.3 Å². The van der Waals surface area contributed by atoms with Crippen LogP contribution >= 0.6 is 27.3 Å². The van der Waals surface area contributed by atoms with Gasteiger partial charge in [0.1, 0.15) is 17.3 Å². The summed E-state index contributed by atoms with van der Waals surface area (Å²) < 4.78 is 6.12. The standard InChI is InChI=1S/C13H9BrN2O2S/c14-11-6-5-10(19-11)13(17)18-7-12-15-8-3-1-2-4-9(8)16-12/h1-6H,7H2,(H,15,16). The van der Waals surface area contributed by atoms with Gasteiger partial charge in [-0.2, -0.15) is 0 Å². The molecule has 0 atom stereocenters. The Morgan fingerprint density at radius 2 is 2.16 bits per heavy atom. The van der Waals surface area contributed by atoms with E-state index < -0.39 is 0 Å². The van der Waals surface area contributed by atoms with Crippen LogP contribution in [0.25, 0.3) is 11.0 Å². The minimum absolute atomic E-state index is 0.142. The summed E-state index contributed by atoms with van der Waals surface area (Å²) in [5.41, 5.74) is 1.81. The van der Waals surface area contributed by atoms with Gasteiger partial charge in [-0.1, -0.05) is 12.1 Å². The maximum absolute atomic E-state index is 11.8. The van der Waals surface area contributed by atoms with Gasteiger partial charge >= 0.3 is 5.97 Å². The third kappa shape index (κ3) is 2.69. The van der Waals surface area contributed by atoms with Crippen LogP contribution in [0.1, 0.15) is 15.5 Å². The predicted octanol–water partition coefficient (Wildman–Crippen LogP) is 3.74. The van der Waals surface area contributed by atoms with E-state index in [2.05, 4.69) is 25.9 Å². The minimum atomic E-state index is -0.337. The molecule has 0 bridgehead atoms. The van der Waals surface area contributed by atoms with Crippen LogP contribution in [-0.2, 0) is 11.3 Å². The second kappa shape index (κ2) is 5.14. The molecule has 0 unspecified atom stereocenters. The Bertz CT molecular complexity index is 702. The molecular weight excluding hydrogens is 328 g/mol. The molecule has 0 aliphatic rings. The molecule has 1 N–H and O–H groups in total. The minimum Gasteiger partial charge on any atom is -0.453 e. The SMILES string of the molecule is O=C(OCc1nc2ccccc2[nH]1)c1ccc(Br)s1. The molecule has 0 spiro atoms. The van der Waals surface area contributed by atoms with E-state index in [9.17, 15) is 4.79 Å². The molecule has 4 nitrogen and oxygen atoms in total. The number of thiophene rings is 1. The third-order valence-corrected chi connectivity index (χ3v) is 4.16. The maximum atomic E-state index is 11.8. The van der Waals surface area contributed by atoms with E-state index in [-0.39, 0.29) is 12.6 Å². The number of rotatable bonds is 3. The number of carbonyl (C=O) groups excluding carboxylic acids is 1. The van der Waals surface area contributed by atoms with Crippen molar-refractivity contribution in [3.8, 4) is 0 Å². The molecule has 3 aromatic rings. The van der Waals surface area contributed by atoms with Crippen LogP contribution in [0.2, 0.25) is 0 Å². The fourth-order valence-corrected chi connectivity index (χ4v) is 2.98. The van der Waals surface area contributed by atoms with E-state index in [4.69, 9.17) is 4.74 Å². The number of H-pyrrole nitrogens is 1. The molecular formula is C13H9BrN2O2S. The van der Waals surface area contributed by atoms with Gasteiger partial charge in [-0.05, 0) is 40.2 Å². The average Bonchev–Trinajstić information content (AvgIpc) is 3.01. The highest BCUT2D eigenvalue weighted by Gasteiger charge is 2.11. The summed E-state index contributed by atoms with van der Waals surface area (Å²) in [5, 5.41) is 0. The van der Waals surface area contributed by atoms with Gasteiger partial charge in [0, 0.05) is 0 Å². The van der Waals surface area contributed by atoms with Gasteiger partial charge in [-0.25, -0.2) is 9.78 Å². The highest BCUT2D eigenvalue weighted by atomic mass is 79.9. The van der Waals surface area contributed by atoms with Crippen LogP contribution in [0.15, 0.2) is 40.2 Å². The zero-order valence-electron chi connectivity index (χ0n) is 9.72. The fourth-order valence-electron chi connectivity index (χ4n) is 1.70. The molecule has 0 saturated heterocycles. The lowest BCUT2D eigenvalue weighted by Crippen LogP contribution is -2.04. The van der Waals surface area contributed by atoms with Gasteiger partial charge in [0.25, 0.3) is 0 Å². The lowest BCUT2D eigenvalue weighted by Gasteiger charge is -1.99. The summed E-state index contributed by atoms with van der Waals surface area (Å²) in [6, 6.07) is 11.2. The van der Waals surface area contributed by atoms with Crippen LogP contribution in [0.3, 0.4) is 0 Å². The van der Waals surface area contributed by atoms with Crippen molar-refractivity contribution in [3.63, 3.8) is 0 Å². The molecule has 96 valence electrons. The molecule has 1 aromatic carbocycles. The summed E-state index contributed by atoms with van der Waals surface area (Å²) in [6.07, 6.45) is 0. The molecule has 0 radical (unpaired) electrons. The number of imidazole rings is 1. The number of benzene rings is 1. The second-order valence-electron chi connectivity index (χ2n) is 3.88. The summed E-state index contributed by atoms with van der Waals surface area (Å²) in [4.78, 5) is 19.8. The van der Waals surface area contributed by atoms with Crippen molar-refractivity contribution in [1.82, 2.24) is 9.97 Å². The first-order valence-electron chi connectivity index (χ1n) is 5.58. The molecule has 0 amide bonds. The lowest BCUT2D eigenvalue weighted by molar-refractivity contribution is 0.0469. The van der Waals surface area contributed by atoms with E-state index in [1.165, 1.54) is 11.3 Å². The summed E-state index contributed by atoms with van der Waals surface area (Å²) in [6.45, 7) is 0.142. The lowest BCUT2D eigenvalue weighted by atomic mass is 10.3. The second-order valence-corrected chi connectivity index (χ2v) is 6.34. The normalized spacial score (nSPS) is 10.8. The molecule has 0 saturated carbocycles. The first kappa shape index (κ1) is 12.4. The summed E-state index contributed by atoms with van der Waals surface area (Å²) in [7, 11) is 0. The zero-order valence-corrected chi connectivity index (χ0v) is 12.1. The number of hydrogen-bond donors (Lipinski definition) is 1. The fraction of sp³-hybridized carbons (Fsp3) is 0.0769. The van der Waals surface area contributed by atoms with Crippen LogP contribution in [0.5, 0.6) is 0 Å². The number of ether oxygens (including phenoxy) is 1. The number of hydrogen-bond acceptors (Lipinski definition) is 4. The van der Waals surface area contributed by atoms with Crippen molar-refractivity contribution in [2.24, 2.45) is 0 Å². The number of fused-ring (bicyclic) bond motifs is 1. The summed E-state index contributed by atoms with van der Waals surface area (Å²) in [5.74, 6) is 0.307. The summed E-state index contributed by atoms with van der Waals surface area (Å²) >= 11 is 4.66. The van der Waals surface area contributed by atoms with Gasteiger partial charge in [0.05, 0.1) is 14.8 Å². The Hall–Kier alpha value is -1.66. The highest BCUT2D eigenvalue weighted by molar-refractivity contribution is 9.11. The van der Waals surface area contributed by atoms with Gasteiger partial charge in [-0.3, -0.25) is 0 Å². The smallest absolute Gasteiger partial charge is 0.348 e. The van der Waals surface area contributed by atoms with Gasteiger partial charge < -0.3 is 9.72 Å². The Labute approximate surface area is 121 Å². The molecule has 0 aliphatic carbocycles. The Morgan fingerprint density at radius 1 is 1.32 bits per heavy atom. The quantitative estimate of drug-likeness (QED) is 0.741. The monoisotopic (exact) mass is 336 g/mol. The zero-order chi connectivity index (χ0) is 13.2. The molecule has 0 fully saturated rings. The number of aromatic nitrogens is 2. The molecule has 2 heterocycles. The van der Waals surface area contributed by atoms with Crippen molar-refractivity contribution in [1.29, 1.82) is 0 Å². The number of halogens is 1. The molecule has 2 aromatic heterocycles. The molecule has 19 heavy (non-hydrogen) atoms. The number of nitrogens with one attached hydrogen (secondary N) is 1. The molecule has 3 rings (SSSR count). The van der Waals surface area contributed by atoms with Crippen LogP contribution in [-0.4, -0.2) is 15.9 Å². The highest BCUT2D eigenvalue weighted by Crippen LogP contribution is 2.23. The van der Waals surface area contributed by atoms with Crippen molar-refractivity contribution in [3.05, 3.63) is 50.9 Å². The van der Waals surface area contributed by atoms with Gasteiger partial charge in [0.15, 0.2) is 0 Å². The van der Waals surface area contributed by atoms with E-state index in [1.54, 1.807) is 6.07 Å². The number of para-hydroxylation sites is 2. The van der Waals surface area contributed by atoms with Crippen molar-refractivity contribution < 1.29 is 9.53 Å². The maximum Gasteiger partial charge on any atom is 0.348 e. The predicted molar refractivity (Wildman–Crippen MR) is 77.2 cm³/mol. The molecule has 6 heteroatoms. The first-order valence-corrected chi connectivity index (χ1v) is 7.19. The Balaban J connectivity index is 1.70. The first-order chi connectivity index (χ1) is 9.22. The van der Waals surface area contributed by atoms with Crippen molar-refractivity contribution in [2.45, 2.75) is 6.61 Å². The van der Waals surface area contributed by atoms with Crippen LogP contribution in [0.4, 0.5) is 0 Å². The van der Waals surface area contributed by atoms with E-state index in [0.717, 1.165) is 14.8 Å². The number of aromatic amines is 1. The number of esters is 1. The number of carbonyl (C=O) groups is 1. The molecule has 0 aliphatic heterocycles. The van der Waals surface area contributed by atoms with Crippen LogP contribution in [0, 0.1) is 0 Å². The van der Waals surface area contributed by atoms with Crippen LogP contribution < -0.4 is 0 Å². The van der Waals surface area contributed by atoms with Crippen molar-refractivity contribution >= 4 is 44.3 Å². The number of nitrogens with zero attached hydrogens (tertiary/aromatic N) is 1. The average molecular weight is 337 g/mol. The van der Waals surface area contributed by atoms with E-state index in [0.29, 0.717) is 10.7 Å². The largest absolute Gasteiger partial charge is 0.453 e.